The molecule has 1 aromatic heterocycles. The molecule has 116 valence electrons. The molecule has 0 saturated carbocycles. The summed E-state index contributed by atoms with van der Waals surface area (Å²) < 4.78 is 0. The Balaban J connectivity index is 1.69. The number of fused-ring (bicyclic) bond motifs is 1. The smallest absolute Gasteiger partial charge is 0.242 e. The maximum Gasteiger partial charge on any atom is 0.242 e. The van der Waals surface area contributed by atoms with Crippen molar-refractivity contribution in [1.29, 1.82) is 0 Å². The lowest BCUT2D eigenvalue weighted by molar-refractivity contribution is -0.146. The molecule has 1 aromatic carbocycles. The second-order valence-corrected chi connectivity index (χ2v) is 6.03. The van der Waals surface area contributed by atoms with Gasteiger partial charge in [0.1, 0.15) is 0 Å². The molecule has 0 spiro atoms. The van der Waals surface area contributed by atoms with Gasteiger partial charge in [0.05, 0.1) is 13.0 Å². The van der Waals surface area contributed by atoms with Crippen LogP contribution in [-0.4, -0.2) is 52.3 Å². The van der Waals surface area contributed by atoms with Gasteiger partial charge in [0.15, 0.2) is 0 Å². The lowest BCUT2D eigenvalue weighted by Gasteiger charge is -2.36. The fourth-order valence-corrected chi connectivity index (χ4v) is 3.00. The Kier molecular flexibility index (Phi) is 3.88. The first-order valence-corrected chi connectivity index (χ1v) is 7.68. The number of carbonyl (C=O) groups excluding carboxylic acids is 2. The minimum absolute atomic E-state index is 0.0153. The van der Waals surface area contributed by atoms with Crippen LogP contribution in [0.15, 0.2) is 30.5 Å². The van der Waals surface area contributed by atoms with Crippen molar-refractivity contribution < 1.29 is 9.59 Å². The molecule has 0 bridgehead atoms. The van der Waals surface area contributed by atoms with E-state index in [0.717, 1.165) is 16.5 Å². The van der Waals surface area contributed by atoms with E-state index in [1.807, 2.05) is 49.2 Å². The minimum atomic E-state index is 0.0153. The Labute approximate surface area is 129 Å². The molecule has 0 unspecified atom stereocenters. The first-order chi connectivity index (χ1) is 10.6. The van der Waals surface area contributed by atoms with E-state index in [4.69, 9.17) is 0 Å². The molecule has 1 N–H and O–H groups in total. The summed E-state index contributed by atoms with van der Waals surface area (Å²) in [5.74, 6) is 0.0510. The third kappa shape index (κ3) is 2.71. The summed E-state index contributed by atoms with van der Waals surface area (Å²) in [6.07, 6.45) is 2.22. The second kappa shape index (κ2) is 5.83. The zero-order valence-electron chi connectivity index (χ0n) is 13.0. The first kappa shape index (κ1) is 14.6. The topological polar surface area (TPSA) is 56.4 Å². The zero-order valence-corrected chi connectivity index (χ0v) is 13.0. The number of H-pyrrole nitrogens is 1. The zero-order chi connectivity index (χ0) is 15.7. The van der Waals surface area contributed by atoms with Crippen LogP contribution in [0.5, 0.6) is 0 Å². The van der Waals surface area contributed by atoms with Crippen molar-refractivity contribution in [1.82, 2.24) is 14.8 Å². The SMILES string of the molecule is CC(C)N1CCN(C(=O)Cc2c[nH]c3ccccc23)CC1=O. The van der Waals surface area contributed by atoms with Crippen LogP contribution in [-0.2, 0) is 16.0 Å². The van der Waals surface area contributed by atoms with Gasteiger partial charge in [0, 0.05) is 36.2 Å². The number of aromatic nitrogens is 1. The summed E-state index contributed by atoms with van der Waals surface area (Å²) in [5, 5.41) is 1.07. The number of benzene rings is 1. The molecule has 0 aliphatic carbocycles. The fourth-order valence-electron chi connectivity index (χ4n) is 3.00. The van der Waals surface area contributed by atoms with Gasteiger partial charge in [-0.05, 0) is 25.5 Å². The van der Waals surface area contributed by atoms with Crippen molar-refractivity contribution in [3.63, 3.8) is 0 Å². The molecule has 2 amide bonds. The number of para-hydroxylation sites is 1. The largest absolute Gasteiger partial charge is 0.361 e. The van der Waals surface area contributed by atoms with Gasteiger partial charge < -0.3 is 14.8 Å². The Bertz CT molecular complexity index is 705. The monoisotopic (exact) mass is 299 g/mol. The molecule has 1 aliphatic heterocycles. The molecule has 5 heteroatoms. The van der Waals surface area contributed by atoms with Crippen LogP contribution in [0, 0.1) is 0 Å². The summed E-state index contributed by atoms with van der Waals surface area (Å²) in [6.45, 7) is 5.43. The van der Waals surface area contributed by atoms with Crippen LogP contribution in [0.1, 0.15) is 19.4 Å². The van der Waals surface area contributed by atoms with Crippen molar-refractivity contribution in [2.75, 3.05) is 19.6 Å². The van der Waals surface area contributed by atoms with Crippen LogP contribution in [0.3, 0.4) is 0 Å². The Morgan fingerprint density at radius 2 is 2.05 bits per heavy atom. The number of carbonyl (C=O) groups is 2. The molecule has 1 saturated heterocycles. The number of nitrogens with one attached hydrogen (secondary N) is 1. The van der Waals surface area contributed by atoms with Gasteiger partial charge in [-0.2, -0.15) is 0 Å². The van der Waals surface area contributed by atoms with Crippen LogP contribution in [0.4, 0.5) is 0 Å². The predicted octanol–water partition coefficient (Wildman–Crippen LogP) is 1.79. The first-order valence-electron chi connectivity index (χ1n) is 7.68. The van der Waals surface area contributed by atoms with Crippen LogP contribution in [0.2, 0.25) is 0 Å². The predicted molar refractivity (Wildman–Crippen MR) is 85.4 cm³/mol. The van der Waals surface area contributed by atoms with E-state index in [1.165, 1.54) is 0 Å². The normalized spacial score (nSPS) is 15.9. The highest BCUT2D eigenvalue weighted by molar-refractivity contribution is 5.91. The van der Waals surface area contributed by atoms with Gasteiger partial charge in [0.2, 0.25) is 11.8 Å². The van der Waals surface area contributed by atoms with Gasteiger partial charge in [-0.15, -0.1) is 0 Å². The second-order valence-electron chi connectivity index (χ2n) is 6.03. The van der Waals surface area contributed by atoms with Crippen molar-refractivity contribution in [2.45, 2.75) is 26.3 Å². The van der Waals surface area contributed by atoms with Gasteiger partial charge in [-0.25, -0.2) is 0 Å². The molecule has 5 nitrogen and oxygen atoms in total. The van der Waals surface area contributed by atoms with Crippen molar-refractivity contribution in [3.8, 4) is 0 Å². The Morgan fingerprint density at radius 1 is 1.27 bits per heavy atom. The number of nitrogens with zero attached hydrogens (tertiary/aromatic N) is 2. The van der Waals surface area contributed by atoms with Crippen LogP contribution >= 0.6 is 0 Å². The number of aromatic amines is 1. The lowest BCUT2D eigenvalue weighted by atomic mass is 10.1. The lowest BCUT2D eigenvalue weighted by Crippen LogP contribution is -2.54. The van der Waals surface area contributed by atoms with E-state index in [9.17, 15) is 9.59 Å². The van der Waals surface area contributed by atoms with Crippen molar-refractivity contribution in [2.24, 2.45) is 0 Å². The van der Waals surface area contributed by atoms with Gasteiger partial charge >= 0.3 is 0 Å². The summed E-state index contributed by atoms with van der Waals surface area (Å²) in [5.41, 5.74) is 2.02. The molecule has 3 rings (SSSR count). The van der Waals surface area contributed by atoms with E-state index >= 15 is 0 Å². The van der Waals surface area contributed by atoms with E-state index in [2.05, 4.69) is 4.98 Å². The molecule has 0 atom stereocenters. The summed E-state index contributed by atoms with van der Waals surface area (Å²) in [6, 6.07) is 8.13. The fraction of sp³-hybridized carbons (Fsp3) is 0.412. The average Bonchev–Trinajstić information content (AvgIpc) is 2.90. The van der Waals surface area contributed by atoms with E-state index in [-0.39, 0.29) is 24.4 Å². The standard InChI is InChI=1S/C17H21N3O2/c1-12(2)20-8-7-19(11-17(20)22)16(21)9-13-10-18-15-6-4-3-5-14(13)15/h3-6,10,12,18H,7-9,11H2,1-2H3. The molecule has 1 aliphatic rings. The molecular weight excluding hydrogens is 278 g/mol. The molecule has 1 fully saturated rings. The Morgan fingerprint density at radius 3 is 2.77 bits per heavy atom. The van der Waals surface area contributed by atoms with Crippen molar-refractivity contribution >= 4 is 22.7 Å². The summed E-state index contributed by atoms with van der Waals surface area (Å²) in [4.78, 5) is 31.2. The minimum Gasteiger partial charge on any atom is -0.361 e. The summed E-state index contributed by atoms with van der Waals surface area (Å²) in [7, 11) is 0. The highest BCUT2D eigenvalue weighted by Crippen LogP contribution is 2.19. The molecule has 2 heterocycles. The third-order valence-electron chi connectivity index (χ3n) is 4.25. The maximum atomic E-state index is 12.5. The van der Waals surface area contributed by atoms with E-state index in [1.54, 1.807) is 4.90 Å². The number of amides is 2. The van der Waals surface area contributed by atoms with Crippen LogP contribution in [0.25, 0.3) is 10.9 Å². The quantitative estimate of drug-likeness (QED) is 0.939. The maximum absolute atomic E-state index is 12.5. The van der Waals surface area contributed by atoms with Gasteiger partial charge in [-0.3, -0.25) is 9.59 Å². The molecule has 0 radical (unpaired) electrons. The highest BCUT2D eigenvalue weighted by Gasteiger charge is 2.28. The van der Waals surface area contributed by atoms with Gasteiger partial charge in [-0.1, -0.05) is 18.2 Å². The number of hydrogen-bond donors (Lipinski definition) is 1. The Hall–Kier alpha value is -2.30. The number of rotatable bonds is 3. The van der Waals surface area contributed by atoms with Gasteiger partial charge in [0.25, 0.3) is 0 Å². The van der Waals surface area contributed by atoms with Crippen LogP contribution < -0.4 is 0 Å². The number of piperazine rings is 1. The highest BCUT2D eigenvalue weighted by atomic mass is 16.2. The summed E-state index contributed by atoms with van der Waals surface area (Å²) >= 11 is 0. The molecule has 2 aromatic rings. The van der Waals surface area contributed by atoms with E-state index < -0.39 is 0 Å². The molecule has 22 heavy (non-hydrogen) atoms. The van der Waals surface area contributed by atoms with Crippen molar-refractivity contribution in [3.05, 3.63) is 36.0 Å². The number of hydrogen-bond acceptors (Lipinski definition) is 2. The average molecular weight is 299 g/mol. The third-order valence-corrected chi connectivity index (χ3v) is 4.25. The molecular formula is C17H21N3O2. The van der Waals surface area contributed by atoms with E-state index in [0.29, 0.717) is 19.5 Å².